The standard InChI is InChI=1S/C24H20N2O3/c27-24-18(12-16-4-3-11-25-14-16)15-28-22-9-8-19(13-20(22)24)29-23-10-7-17-5-1-2-6-21(17)26-23/h1-11,13-14,18,24,27H,12,15H2/t18-,24+/m0/s1. The van der Waals surface area contributed by atoms with Crippen LogP contribution >= 0.6 is 0 Å². The maximum absolute atomic E-state index is 10.9. The van der Waals surface area contributed by atoms with Gasteiger partial charge in [0.05, 0.1) is 18.2 Å². The quantitative estimate of drug-likeness (QED) is 0.552. The first-order chi connectivity index (χ1) is 14.3. The van der Waals surface area contributed by atoms with Gasteiger partial charge in [0.25, 0.3) is 0 Å². The minimum absolute atomic E-state index is 0.0410. The van der Waals surface area contributed by atoms with Gasteiger partial charge in [-0.05, 0) is 48.4 Å². The van der Waals surface area contributed by atoms with Gasteiger partial charge in [0.15, 0.2) is 0 Å². The van der Waals surface area contributed by atoms with Crippen LogP contribution in [0.4, 0.5) is 0 Å². The second-order valence-corrected chi connectivity index (χ2v) is 7.23. The van der Waals surface area contributed by atoms with Crippen molar-refractivity contribution in [2.45, 2.75) is 12.5 Å². The Morgan fingerprint density at radius 1 is 1.03 bits per heavy atom. The summed E-state index contributed by atoms with van der Waals surface area (Å²) in [6.07, 6.45) is 3.64. The van der Waals surface area contributed by atoms with Crippen molar-refractivity contribution in [1.82, 2.24) is 9.97 Å². The number of aliphatic hydroxyl groups is 1. The van der Waals surface area contributed by atoms with E-state index in [1.165, 1.54) is 0 Å². The van der Waals surface area contributed by atoms with E-state index in [4.69, 9.17) is 9.47 Å². The number of hydrogen-bond acceptors (Lipinski definition) is 5. The SMILES string of the molecule is O[C@H]1c2cc(Oc3ccc4ccccc4n3)ccc2OC[C@@H]1Cc1cccnc1. The number of para-hydroxylation sites is 1. The van der Waals surface area contributed by atoms with Crippen LogP contribution in [0.3, 0.4) is 0 Å². The lowest BCUT2D eigenvalue weighted by Crippen LogP contribution is -2.27. The van der Waals surface area contributed by atoms with Gasteiger partial charge in [0, 0.05) is 35.3 Å². The van der Waals surface area contributed by atoms with E-state index in [-0.39, 0.29) is 5.92 Å². The molecule has 5 heteroatoms. The predicted octanol–water partition coefficient (Wildman–Crippen LogP) is 4.71. The molecule has 0 radical (unpaired) electrons. The molecule has 0 amide bonds. The predicted molar refractivity (Wildman–Crippen MR) is 110 cm³/mol. The van der Waals surface area contributed by atoms with Gasteiger partial charge in [-0.2, -0.15) is 0 Å². The Morgan fingerprint density at radius 2 is 1.97 bits per heavy atom. The average Bonchev–Trinajstić information content (AvgIpc) is 2.77. The zero-order chi connectivity index (χ0) is 19.6. The van der Waals surface area contributed by atoms with E-state index < -0.39 is 6.10 Å². The minimum atomic E-state index is -0.632. The Labute approximate surface area is 168 Å². The number of benzene rings is 2. The summed E-state index contributed by atoms with van der Waals surface area (Å²) < 4.78 is 11.9. The largest absolute Gasteiger partial charge is 0.493 e. The Hall–Kier alpha value is -3.44. The summed E-state index contributed by atoms with van der Waals surface area (Å²) in [4.78, 5) is 8.70. The van der Waals surface area contributed by atoms with Crippen molar-refractivity contribution in [2.75, 3.05) is 6.61 Å². The van der Waals surface area contributed by atoms with Gasteiger partial charge in [0.2, 0.25) is 5.88 Å². The monoisotopic (exact) mass is 384 g/mol. The number of rotatable bonds is 4. The fourth-order valence-corrected chi connectivity index (χ4v) is 3.71. The molecule has 1 aliphatic rings. The first kappa shape index (κ1) is 17.6. The van der Waals surface area contributed by atoms with E-state index >= 15 is 0 Å². The molecule has 3 heterocycles. The molecular formula is C24H20N2O3. The molecule has 0 saturated heterocycles. The number of pyridine rings is 2. The molecule has 5 rings (SSSR count). The van der Waals surface area contributed by atoms with Gasteiger partial charge >= 0.3 is 0 Å². The van der Waals surface area contributed by atoms with Crippen molar-refractivity contribution in [3.05, 3.63) is 90.3 Å². The van der Waals surface area contributed by atoms with Gasteiger partial charge in [-0.3, -0.25) is 4.98 Å². The zero-order valence-corrected chi connectivity index (χ0v) is 15.7. The van der Waals surface area contributed by atoms with Gasteiger partial charge in [-0.1, -0.05) is 24.3 Å². The Bertz CT molecular complexity index is 1150. The van der Waals surface area contributed by atoms with Crippen LogP contribution in [0.5, 0.6) is 17.4 Å². The van der Waals surface area contributed by atoms with Crippen molar-refractivity contribution in [3.8, 4) is 17.4 Å². The molecular weight excluding hydrogens is 364 g/mol. The second kappa shape index (κ2) is 7.53. The summed E-state index contributed by atoms with van der Waals surface area (Å²) in [6, 6.07) is 21.2. The molecule has 0 spiro atoms. The highest BCUT2D eigenvalue weighted by atomic mass is 16.5. The summed E-state index contributed by atoms with van der Waals surface area (Å²) in [7, 11) is 0. The molecule has 2 aromatic carbocycles. The molecule has 0 bridgehead atoms. The summed E-state index contributed by atoms with van der Waals surface area (Å²) in [5.74, 6) is 1.79. The molecule has 4 aromatic rings. The first-order valence-electron chi connectivity index (χ1n) is 9.64. The molecule has 29 heavy (non-hydrogen) atoms. The maximum Gasteiger partial charge on any atom is 0.219 e. The first-order valence-corrected chi connectivity index (χ1v) is 9.64. The Kier molecular flexibility index (Phi) is 4.58. The van der Waals surface area contributed by atoms with Crippen LogP contribution < -0.4 is 9.47 Å². The third-order valence-electron chi connectivity index (χ3n) is 5.22. The van der Waals surface area contributed by atoms with Crippen LogP contribution in [-0.4, -0.2) is 21.7 Å². The molecule has 2 aromatic heterocycles. The summed E-state index contributed by atoms with van der Waals surface area (Å²) >= 11 is 0. The topological polar surface area (TPSA) is 64.5 Å². The van der Waals surface area contributed by atoms with Crippen LogP contribution in [0.1, 0.15) is 17.2 Å². The fourth-order valence-electron chi connectivity index (χ4n) is 3.71. The molecule has 0 aliphatic carbocycles. The average molecular weight is 384 g/mol. The molecule has 5 nitrogen and oxygen atoms in total. The summed E-state index contributed by atoms with van der Waals surface area (Å²) in [5, 5.41) is 12.0. The van der Waals surface area contributed by atoms with Crippen molar-refractivity contribution in [3.63, 3.8) is 0 Å². The molecule has 0 unspecified atom stereocenters. The van der Waals surface area contributed by atoms with Crippen LogP contribution in [0.2, 0.25) is 0 Å². The third kappa shape index (κ3) is 3.65. The van der Waals surface area contributed by atoms with Crippen LogP contribution in [0.25, 0.3) is 10.9 Å². The molecule has 1 N–H and O–H groups in total. The summed E-state index contributed by atoms with van der Waals surface area (Å²) in [6.45, 7) is 0.468. The van der Waals surface area contributed by atoms with E-state index in [0.29, 0.717) is 30.4 Å². The molecule has 0 saturated carbocycles. The highest BCUT2D eigenvalue weighted by Crippen LogP contribution is 2.39. The summed E-state index contributed by atoms with van der Waals surface area (Å²) in [5.41, 5.74) is 2.70. The van der Waals surface area contributed by atoms with Gasteiger partial charge in [0.1, 0.15) is 11.5 Å². The highest BCUT2D eigenvalue weighted by molar-refractivity contribution is 5.78. The van der Waals surface area contributed by atoms with E-state index in [9.17, 15) is 5.11 Å². The molecule has 0 fully saturated rings. The number of hydrogen-bond donors (Lipinski definition) is 1. The van der Waals surface area contributed by atoms with E-state index in [1.54, 1.807) is 6.20 Å². The Morgan fingerprint density at radius 3 is 2.86 bits per heavy atom. The van der Waals surface area contributed by atoms with Gasteiger partial charge < -0.3 is 14.6 Å². The lowest BCUT2D eigenvalue weighted by atomic mass is 9.88. The maximum atomic E-state index is 10.9. The van der Waals surface area contributed by atoms with E-state index in [2.05, 4.69) is 9.97 Å². The van der Waals surface area contributed by atoms with Crippen molar-refractivity contribution in [2.24, 2.45) is 5.92 Å². The number of aromatic nitrogens is 2. The van der Waals surface area contributed by atoms with E-state index in [0.717, 1.165) is 22.0 Å². The molecule has 1 aliphatic heterocycles. The third-order valence-corrected chi connectivity index (χ3v) is 5.22. The number of nitrogens with zero attached hydrogens (tertiary/aromatic N) is 2. The smallest absolute Gasteiger partial charge is 0.219 e. The lowest BCUT2D eigenvalue weighted by molar-refractivity contribution is 0.0505. The van der Waals surface area contributed by atoms with Gasteiger partial charge in [-0.25, -0.2) is 4.98 Å². The zero-order valence-electron chi connectivity index (χ0n) is 15.7. The molecule has 2 atom stereocenters. The van der Waals surface area contributed by atoms with E-state index in [1.807, 2.05) is 72.9 Å². The van der Waals surface area contributed by atoms with Crippen LogP contribution in [0, 0.1) is 5.92 Å². The van der Waals surface area contributed by atoms with Crippen molar-refractivity contribution in [1.29, 1.82) is 0 Å². The Balaban J connectivity index is 1.38. The highest BCUT2D eigenvalue weighted by Gasteiger charge is 2.30. The van der Waals surface area contributed by atoms with Gasteiger partial charge in [-0.15, -0.1) is 0 Å². The number of ether oxygens (including phenoxy) is 2. The van der Waals surface area contributed by atoms with Crippen molar-refractivity contribution >= 4 is 10.9 Å². The lowest BCUT2D eigenvalue weighted by Gasteiger charge is -2.30. The normalized spacial score (nSPS) is 18.1. The fraction of sp³-hybridized carbons (Fsp3) is 0.167. The van der Waals surface area contributed by atoms with Crippen molar-refractivity contribution < 1.29 is 14.6 Å². The minimum Gasteiger partial charge on any atom is -0.493 e. The number of aliphatic hydroxyl groups excluding tert-OH is 1. The second-order valence-electron chi connectivity index (χ2n) is 7.23. The molecule has 144 valence electrons. The number of fused-ring (bicyclic) bond motifs is 2. The van der Waals surface area contributed by atoms with Crippen LogP contribution in [0.15, 0.2) is 79.1 Å². The van der Waals surface area contributed by atoms with Crippen LogP contribution in [-0.2, 0) is 6.42 Å².